The largest absolute Gasteiger partial charge is 0.495 e. The molecule has 2 fully saturated rings. The number of hydrogen-bond donors (Lipinski definition) is 3. The SMILES string of the molecule is COc1cc2cc(c1Cl)N(C)C(=O)C[C@H](OC(=O)COCCCS)[C@@]1(C)CC(C)(O1)[C@@H]1C[C@@](O)(NC(=O)O1)[C@H](OC)/C=C/C=C(\C)C2. The highest BCUT2D eigenvalue weighted by atomic mass is 35.5. The molecule has 14 heteroatoms. The van der Waals surface area contributed by atoms with Gasteiger partial charge in [-0.1, -0.05) is 35.4 Å². The number of halogens is 1. The van der Waals surface area contributed by atoms with Crippen molar-refractivity contribution in [2.75, 3.05) is 45.1 Å². The van der Waals surface area contributed by atoms with Gasteiger partial charge < -0.3 is 38.4 Å². The number of rotatable bonds is 8. The maximum absolute atomic E-state index is 13.9. The van der Waals surface area contributed by atoms with Crippen LogP contribution >= 0.6 is 24.2 Å². The predicted octanol–water partition coefficient (Wildman–Crippen LogP) is 4.15. The average Bonchev–Trinajstić information content (AvgIpc) is 2.99. The molecule has 4 heterocycles. The molecule has 4 aliphatic rings. The molecule has 47 heavy (non-hydrogen) atoms. The maximum Gasteiger partial charge on any atom is 0.409 e. The standard InChI is InChI=1S/C33H45ClN2O10S/c1-20-9-7-10-24(42-6)33(40)17-26(45-30(39)35-33)32(3)19-31(2,46-32)25(44-28(38)18-43-11-8-12-47)16-27(37)36(4)22-14-21(13-20)15-23(41-5)29(22)34/h7,9-10,14-15,24-26,40,47H,8,11-13,16-19H2,1-6H3,(H,35,39)/b10-7+,20-9+/t24-,25+,26+,31-,32?,33+/m1/s1. The van der Waals surface area contributed by atoms with Crippen LogP contribution in [-0.2, 0) is 39.7 Å². The molecule has 0 saturated carbocycles. The summed E-state index contributed by atoms with van der Waals surface area (Å²) in [6.45, 7) is 5.41. The fourth-order valence-electron chi connectivity index (χ4n) is 6.41. The number of aliphatic hydroxyl groups is 1. The van der Waals surface area contributed by atoms with E-state index in [0.29, 0.717) is 36.6 Å². The summed E-state index contributed by atoms with van der Waals surface area (Å²) >= 11 is 10.9. The number of ether oxygens (including phenoxy) is 6. The number of esters is 1. The maximum atomic E-state index is 13.9. The third-order valence-electron chi connectivity index (χ3n) is 8.80. The molecular formula is C33H45ClN2O10S. The lowest BCUT2D eigenvalue weighted by molar-refractivity contribution is -0.328. The van der Waals surface area contributed by atoms with Crippen LogP contribution in [0.1, 0.15) is 52.0 Å². The number of carbonyl (C=O) groups excluding carboxylic acids is 3. The lowest BCUT2D eigenvalue weighted by atomic mass is 9.72. The van der Waals surface area contributed by atoms with Crippen LogP contribution < -0.4 is 15.0 Å². The molecule has 1 unspecified atom stereocenters. The summed E-state index contributed by atoms with van der Waals surface area (Å²) < 4.78 is 34.5. The Morgan fingerprint density at radius 2 is 1.96 bits per heavy atom. The molecule has 0 spiro atoms. The third-order valence-corrected chi connectivity index (χ3v) is 9.50. The fourth-order valence-corrected chi connectivity index (χ4v) is 6.86. The number of thiol groups is 1. The second kappa shape index (κ2) is 15.2. The molecule has 5 rings (SSSR count). The molecule has 6 atom stereocenters. The van der Waals surface area contributed by atoms with Gasteiger partial charge in [0, 0.05) is 33.6 Å². The number of benzene rings is 1. The Kier molecular flexibility index (Phi) is 11.9. The lowest BCUT2D eigenvalue weighted by Crippen LogP contribution is -2.72. The summed E-state index contributed by atoms with van der Waals surface area (Å²) in [6, 6.07) is 3.61. The van der Waals surface area contributed by atoms with Gasteiger partial charge in [0.2, 0.25) is 5.91 Å². The lowest BCUT2D eigenvalue weighted by Gasteiger charge is -2.59. The van der Waals surface area contributed by atoms with Crippen LogP contribution in [0.4, 0.5) is 10.5 Å². The number of hydrogen-bond acceptors (Lipinski definition) is 11. The second-order valence-electron chi connectivity index (χ2n) is 12.7. The van der Waals surface area contributed by atoms with Crippen molar-refractivity contribution in [1.29, 1.82) is 0 Å². The quantitative estimate of drug-likeness (QED) is 0.206. The highest BCUT2D eigenvalue weighted by Gasteiger charge is 2.63. The van der Waals surface area contributed by atoms with E-state index in [1.165, 1.54) is 19.1 Å². The smallest absolute Gasteiger partial charge is 0.409 e. The number of amides is 2. The van der Waals surface area contributed by atoms with Crippen LogP contribution in [0.25, 0.3) is 0 Å². The molecule has 1 aromatic rings. The van der Waals surface area contributed by atoms with Gasteiger partial charge in [-0.2, -0.15) is 12.6 Å². The summed E-state index contributed by atoms with van der Waals surface area (Å²) in [5, 5.41) is 14.4. The van der Waals surface area contributed by atoms with Gasteiger partial charge in [-0.15, -0.1) is 0 Å². The van der Waals surface area contributed by atoms with Crippen LogP contribution in [0.2, 0.25) is 5.02 Å². The van der Waals surface area contributed by atoms with E-state index < -0.39 is 53.2 Å². The van der Waals surface area contributed by atoms with Crippen molar-refractivity contribution in [3.8, 4) is 5.75 Å². The summed E-state index contributed by atoms with van der Waals surface area (Å²) in [4.78, 5) is 41.0. The van der Waals surface area contributed by atoms with E-state index >= 15 is 0 Å². The monoisotopic (exact) mass is 696 g/mol. The Morgan fingerprint density at radius 1 is 1.23 bits per heavy atom. The zero-order valence-corrected chi connectivity index (χ0v) is 29.3. The number of anilines is 1. The van der Waals surface area contributed by atoms with Crippen molar-refractivity contribution in [2.24, 2.45) is 0 Å². The number of methoxy groups -OCH3 is 2. The first kappa shape index (κ1) is 37.0. The first-order valence-electron chi connectivity index (χ1n) is 15.5. The molecule has 2 N–H and O–H groups in total. The van der Waals surface area contributed by atoms with Crippen molar-refractivity contribution in [3.05, 3.63) is 46.5 Å². The molecule has 1 aromatic carbocycles. The molecule has 2 amide bonds. The van der Waals surface area contributed by atoms with E-state index in [1.807, 2.05) is 19.1 Å². The summed E-state index contributed by atoms with van der Waals surface area (Å²) in [7, 11) is 4.52. The third kappa shape index (κ3) is 8.44. The molecule has 260 valence electrons. The van der Waals surface area contributed by atoms with E-state index in [9.17, 15) is 19.5 Å². The minimum absolute atomic E-state index is 0.0634. The van der Waals surface area contributed by atoms with E-state index in [1.54, 1.807) is 39.1 Å². The average molecular weight is 697 g/mol. The van der Waals surface area contributed by atoms with Crippen molar-refractivity contribution in [1.82, 2.24) is 5.32 Å². The van der Waals surface area contributed by atoms with Crippen LogP contribution in [0.5, 0.6) is 5.75 Å². The van der Waals surface area contributed by atoms with Gasteiger partial charge in [0.25, 0.3) is 0 Å². The molecular weight excluding hydrogens is 652 g/mol. The Labute approximate surface area is 286 Å². The van der Waals surface area contributed by atoms with E-state index in [2.05, 4.69) is 17.9 Å². The molecule has 0 aliphatic carbocycles. The molecule has 6 bridgehead atoms. The van der Waals surface area contributed by atoms with Crippen LogP contribution in [0.15, 0.2) is 35.9 Å². The number of fused-ring (bicyclic) bond motifs is 6. The minimum atomic E-state index is -1.82. The normalized spacial score (nSPS) is 33.1. The van der Waals surface area contributed by atoms with Crippen LogP contribution in [0.3, 0.4) is 0 Å². The molecule has 0 aromatic heterocycles. The fraction of sp³-hybridized carbons (Fsp3) is 0.606. The van der Waals surface area contributed by atoms with Crippen LogP contribution in [-0.4, -0.2) is 98.5 Å². The predicted molar refractivity (Wildman–Crippen MR) is 178 cm³/mol. The van der Waals surface area contributed by atoms with Crippen LogP contribution in [0, 0.1) is 0 Å². The van der Waals surface area contributed by atoms with E-state index in [-0.39, 0.29) is 30.9 Å². The van der Waals surface area contributed by atoms with E-state index in [0.717, 1.165) is 11.1 Å². The first-order chi connectivity index (χ1) is 22.2. The van der Waals surface area contributed by atoms with Gasteiger partial charge in [-0.05, 0) is 57.1 Å². The number of allylic oxidation sites excluding steroid dienone is 3. The Balaban J connectivity index is 1.75. The minimum Gasteiger partial charge on any atom is -0.495 e. The number of carbonyl (C=O) groups is 3. The summed E-state index contributed by atoms with van der Waals surface area (Å²) in [5.41, 5.74) is -1.87. The second-order valence-corrected chi connectivity index (χ2v) is 13.5. The number of nitrogens with zero attached hydrogens (tertiary/aromatic N) is 1. The van der Waals surface area contributed by atoms with Crippen molar-refractivity contribution in [2.45, 2.75) is 88.1 Å². The van der Waals surface area contributed by atoms with Gasteiger partial charge in [-0.3, -0.25) is 10.1 Å². The number of alkyl carbamates (subject to hydrolysis) is 1. The van der Waals surface area contributed by atoms with Crippen molar-refractivity contribution < 1.29 is 47.9 Å². The van der Waals surface area contributed by atoms with Gasteiger partial charge in [0.15, 0.2) is 5.72 Å². The topological polar surface area (TPSA) is 142 Å². The van der Waals surface area contributed by atoms with Gasteiger partial charge in [-0.25, -0.2) is 9.59 Å². The first-order valence-corrected chi connectivity index (χ1v) is 16.5. The van der Waals surface area contributed by atoms with Gasteiger partial charge in [0.05, 0.1) is 19.2 Å². The van der Waals surface area contributed by atoms with E-state index in [4.69, 9.17) is 40.0 Å². The zero-order chi connectivity index (χ0) is 34.6. The highest BCUT2D eigenvalue weighted by Crippen LogP contribution is 2.50. The molecule has 4 aliphatic heterocycles. The summed E-state index contributed by atoms with van der Waals surface area (Å²) in [5.74, 6) is -0.0606. The zero-order valence-electron chi connectivity index (χ0n) is 27.7. The van der Waals surface area contributed by atoms with Crippen molar-refractivity contribution >= 4 is 47.9 Å². The van der Waals surface area contributed by atoms with Crippen molar-refractivity contribution in [3.63, 3.8) is 0 Å². The Morgan fingerprint density at radius 3 is 2.62 bits per heavy atom. The van der Waals surface area contributed by atoms with Gasteiger partial charge >= 0.3 is 12.1 Å². The molecule has 12 nitrogen and oxygen atoms in total. The van der Waals surface area contributed by atoms with Gasteiger partial charge in [0.1, 0.15) is 46.9 Å². The number of nitrogens with one attached hydrogen (secondary N) is 1. The summed E-state index contributed by atoms with van der Waals surface area (Å²) in [6.07, 6.45) is 2.61. The molecule has 2 saturated heterocycles. The Hall–Kier alpha value is -2.81. The Bertz CT molecular complexity index is 1400. The molecule has 0 radical (unpaired) electrons. The highest BCUT2D eigenvalue weighted by molar-refractivity contribution is 7.80.